The molecule has 3 aromatic rings. The normalized spacial score (nSPS) is 10.4. The number of rotatable bonds is 2. The minimum absolute atomic E-state index is 1.16. The molecule has 0 amide bonds. The molecule has 82 valence electrons. The maximum absolute atomic E-state index is 4.14. The van der Waals surface area contributed by atoms with Gasteiger partial charge in [-0.25, -0.2) is 0 Å². The van der Waals surface area contributed by atoms with Gasteiger partial charge in [-0.15, -0.1) is 11.3 Å². The number of thiophene rings is 1. The van der Waals surface area contributed by atoms with Crippen molar-refractivity contribution < 1.29 is 0 Å². The van der Waals surface area contributed by atoms with Gasteiger partial charge < -0.3 is 0 Å². The first-order chi connectivity index (χ1) is 8.43. The second-order valence-corrected chi connectivity index (χ2v) is 4.73. The Bertz CT molecular complexity index is 548. The summed E-state index contributed by atoms with van der Waals surface area (Å²) >= 11 is 1.77. The Kier molecular flexibility index (Phi) is 2.68. The summed E-state index contributed by atoms with van der Waals surface area (Å²) < 4.78 is 0. The minimum Gasteiger partial charge on any atom is -0.265 e. The Hall–Kier alpha value is -2.00. The molecule has 3 heterocycles. The maximum Gasteiger partial charge on any atom is 0.0364 e. The van der Waals surface area contributed by atoms with Crippen LogP contribution in [0.25, 0.3) is 20.9 Å². The molecule has 0 saturated carbocycles. The summed E-state index contributed by atoms with van der Waals surface area (Å²) in [5.74, 6) is 0. The van der Waals surface area contributed by atoms with Gasteiger partial charge in [0.2, 0.25) is 0 Å². The molecule has 0 N–H and O–H groups in total. The summed E-state index contributed by atoms with van der Waals surface area (Å²) in [5, 5.41) is 0. The van der Waals surface area contributed by atoms with Crippen LogP contribution < -0.4 is 0 Å². The number of pyridine rings is 2. The van der Waals surface area contributed by atoms with Crippen molar-refractivity contribution in [3.63, 3.8) is 0 Å². The molecule has 0 fully saturated rings. The van der Waals surface area contributed by atoms with Gasteiger partial charge >= 0.3 is 0 Å². The van der Waals surface area contributed by atoms with Crippen LogP contribution in [-0.2, 0) is 0 Å². The lowest BCUT2D eigenvalue weighted by Gasteiger charge is -1.96. The van der Waals surface area contributed by atoms with E-state index in [1.54, 1.807) is 17.5 Å². The van der Waals surface area contributed by atoms with Crippen LogP contribution in [0.3, 0.4) is 0 Å². The van der Waals surface area contributed by atoms with Gasteiger partial charge in [0.05, 0.1) is 0 Å². The lowest BCUT2D eigenvalue weighted by atomic mass is 10.2. The topological polar surface area (TPSA) is 25.8 Å². The van der Waals surface area contributed by atoms with E-state index in [0.29, 0.717) is 0 Å². The van der Waals surface area contributed by atoms with Gasteiger partial charge in [-0.05, 0) is 35.9 Å². The monoisotopic (exact) mass is 238 g/mol. The number of aromatic nitrogens is 2. The fraction of sp³-hybridized carbons (Fsp3) is 0. The van der Waals surface area contributed by atoms with Crippen LogP contribution in [-0.4, -0.2) is 9.97 Å². The predicted octanol–water partition coefficient (Wildman–Crippen LogP) is 3.87. The van der Waals surface area contributed by atoms with Gasteiger partial charge in [0, 0.05) is 40.1 Å². The summed E-state index contributed by atoms with van der Waals surface area (Å²) in [4.78, 5) is 10.7. The Morgan fingerprint density at radius 1 is 0.706 bits per heavy atom. The van der Waals surface area contributed by atoms with Gasteiger partial charge in [0.1, 0.15) is 0 Å². The molecule has 0 aliphatic carbocycles. The molecule has 2 nitrogen and oxygen atoms in total. The molecule has 0 aliphatic rings. The minimum atomic E-state index is 1.16. The van der Waals surface area contributed by atoms with Crippen LogP contribution in [0.5, 0.6) is 0 Å². The van der Waals surface area contributed by atoms with Crippen molar-refractivity contribution in [1.82, 2.24) is 9.97 Å². The van der Waals surface area contributed by atoms with Gasteiger partial charge in [-0.2, -0.15) is 0 Å². The molecule has 3 heteroatoms. The Morgan fingerprint density at radius 3 is 2.18 bits per heavy atom. The van der Waals surface area contributed by atoms with E-state index in [-0.39, 0.29) is 0 Å². The molecule has 0 bridgehead atoms. The van der Waals surface area contributed by atoms with Gasteiger partial charge in [-0.1, -0.05) is 6.07 Å². The molecule has 0 aliphatic heterocycles. The van der Waals surface area contributed by atoms with Crippen molar-refractivity contribution >= 4 is 11.3 Å². The Balaban J connectivity index is 1.99. The first-order valence-electron chi connectivity index (χ1n) is 5.34. The van der Waals surface area contributed by atoms with E-state index in [9.17, 15) is 0 Å². The number of hydrogen-bond donors (Lipinski definition) is 0. The standard InChI is InChI=1S/C14H10N2S/c1-2-12(10-16-7-1)14-4-3-13(17-14)11-5-8-15-9-6-11/h1-10H. The number of hydrogen-bond acceptors (Lipinski definition) is 3. The molecule has 0 radical (unpaired) electrons. The third-order valence-corrected chi connectivity index (χ3v) is 3.70. The summed E-state index contributed by atoms with van der Waals surface area (Å²) in [6.45, 7) is 0. The molecule has 17 heavy (non-hydrogen) atoms. The van der Waals surface area contributed by atoms with Gasteiger partial charge in [0.15, 0.2) is 0 Å². The van der Waals surface area contributed by atoms with Crippen molar-refractivity contribution in [3.05, 3.63) is 61.2 Å². The second-order valence-electron chi connectivity index (χ2n) is 3.64. The predicted molar refractivity (Wildman–Crippen MR) is 70.8 cm³/mol. The van der Waals surface area contributed by atoms with E-state index in [4.69, 9.17) is 0 Å². The van der Waals surface area contributed by atoms with Crippen LogP contribution in [0, 0.1) is 0 Å². The zero-order valence-electron chi connectivity index (χ0n) is 9.08. The summed E-state index contributed by atoms with van der Waals surface area (Å²) in [7, 11) is 0. The van der Waals surface area contributed by atoms with Crippen molar-refractivity contribution in [2.45, 2.75) is 0 Å². The van der Waals surface area contributed by atoms with E-state index in [1.165, 1.54) is 15.3 Å². The van der Waals surface area contributed by atoms with E-state index >= 15 is 0 Å². The highest BCUT2D eigenvalue weighted by molar-refractivity contribution is 7.18. The average Bonchev–Trinajstić information content (AvgIpc) is 2.90. The van der Waals surface area contributed by atoms with Crippen LogP contribution in [0.15, 0.2) is 61.2 Å². The fourth-order valence-corrected chi connectivity index (χ4v) is 2.67. The molecule has 3 rings (SSSR count). The van der Waals surface area contributed by atoms with Crippen molar-refractivity contribution in [1.29, 1.82) is 0 Å². The molecule has 0 saturated heterocycles. The van der Waals surface area contributed by atoms with E-state index in [1.807, 2.05) is 36.8 Å². The maximum atomic E-state index is 4.14. The molecule has 0 unspecified atom stereocenters. The Labute approximate surface area is 104 Å². The average molecular weight is 238 g/mol. The molecule has 0 aromatic carbocycles. The molecular formula is C14H10N2S. The third-order valence-electron chi connectivity index (χ3n) is 2.52. The largest absolute Gasteiger partial charge is 0.265 e. The lowest BCUT2D eigenvalue weighted by molar-refractivity contribution is 1.33. The van der Waals surface area contributed by atoms with E-state index in [2.05, 4.69) is 28.2 Å². The third kappa shape index (κ3) is 2.10. The lowest BCUT2D eigenvalue weighted by Crippen LogP contribution is -1.73. The van der Waals surface area contributed by atoms with Crippen LogP contribution >= 0.6 is 11.3 Å². The zero-order valence-corrected chi connectivity index (χ0v) is 9.89. The number of nitrogens with zero attached hydrogens (tertiary/aromatic N) is 2. The molecular weight excluding hydrogens is 228 g/mol. The SMILES string of the molecule is c1cncc(-c2ccc(-c3ccncc3)s2)c1. The summed E-state index contributed by atoms with van der Waals surface area (Å²) in [6.07, 6.45) is 7.32. The first kappa shape index (κ1) is 10.2. The molecule has 0 atom stereocenters. The van der Waals surface area contributed by atoms with E-state index < -0.39 is 0 Å². The van der Waals surface area contributed by atoms with Crippen LogP contribution in [0.1, 0.15) is 0 Å². The highest BCUT2D eigenvalue weighted by Gasteiger charge is 2.04. The summed E-state index contributed by atoms with van der Waals surface area (Å²) in [6, 6.07) is 12.4. The highest BCUT2D eigenvalue weighted by atomic mass is 32.1. The molecule has 0 spiro atoms. The smallest absolute Gasteiger partial charge is 0.0364 e. The Morgan fingerprint density at radius 2 is 1.47 bits per heavy atom. The highest BCUT2D eigenvalue weighted by Crippen LogP contribution is 2.33. The zero-order chi connectivity index (χ0) is 11.5. The van der Waals surface area contributed by atoms with Crippen molar-refractivity contribution in [3.8, 4) is 20.9 Å². The van der Waals surface area contributed by atoms with Crippen LogP contribution in [0.4, 0.5) is 0 Å². The second kappa shape index (κ2) is 4.47. The van der Waals surface area contributed by atoms with Crippen molar-refractivity contribution in [2.75, 3.05) is 0 Å². The first-order valence-corrected chi connectivity index (χ1v) is 6.16. The van der Waals surface area contributed by atoms with Gasteiger partial charge in [0.25, 0.3) is 0 Å². The van der Waals surface area contributed by atoms with Gasteiger partial charge in [-0.3, -0.25) is 9.97 Å². The van der Waals surface area contributed by atoms with Crippen LogP contribution in [0.2, 0.25) is 0 Å². The molecule has 3 aromatic heterocycles. The van der Waals surface area contributed by atoms with E-state index in [0.717, 1.165) is 5.56 Å². The quantitative estimate of drug-likeness (QED) is 0.677. The fourth-order valence-electron chi connectivity index (χ4n) is 1.67. The summed E-state index contributed by atoms with van der Waals surface area (Å²) in [5.41, 5.74) is 2.37. The van der Waals surface area contributed by atoms with Crippen molar-refractivity contribution in [2.24, 2.45) is 0 Å².